The number of carboxylic acids is 1. The number of aryl methyl sites for hydroxylation is 1. The van der Waals surface area contributed by atoms with E-state index in [0.29, 0.717) is 22.1 Å². The third-order valence-electron chi connectivity index (χ3n) is 3.67. The van der Waals surface area contributed by atoms with Crippen molar-refractivity contribution in [3.05, 3.63) is 75.5 Å². The van der Waals surface area contributed by atoms with Crippen molar-refractivity contribution in [3.8, 4) is 11.3 Å². The molecule has 0 bridgehead atoms. The molecule has 0 saturated carbocycles. The Bertz CT molecular complexity index is 996. The lowest BCUT2D eigenvalue weighted by Gasteiger charge is -2.02. The lowest BCUT2D eigenvalue weighted by molar-refractivity contribution is 0.0697. The minimum Gasteiger partial charge on any atom is -0.478 e. The molecule has 7 heteroatoms. The molecule has 2 aromatic carbocycles. The molecule has 0 unspecified atom stereocenters. The van der Waals surface area contributed by atoms with Crippen LogP contribution in [0.2, 0.25) is 10.0 Å². The molecular formula is C19H14Cl2N2O3. The molecule has 2 N–H and O–H groups in total. The fourth-order valence-electron chi connectivity index (χ4n) is 2.25. The predicted octanol–water partition coefficient (Wildman–Crippen LogP) is 5.71. The van der Waals surface area contributed by atoms with Crippen LogP contribution in [0, 0.1) is 6.92 Å². The van der Waals surface area contributed by atoms with E-state index in [4.69, 9.17) is 32.7 Å². The molecule has 0 radical (unpaired) electrons. The summed E-state index contributed by atoms with van der Waals surface area (Å²) in [5.74, 6) is -0.0623. The van der Waals surface area contributed by atoms with Crippen molar-refractivity contribution in [1.82, 2.24) is 0 Å². The Morgan fingerprint density at radius 2 is 1.92 bits per heavy atom. The number of hydrazone groups is 1. The number of nitrogens with one attached hydrogen (secondary N) is 1. The van der Waals surface area contributed by atoms with E-state index in [0.717, 1.165) is 11.3 Å². The smallest absolute Gasteiger partial charge is 0.337 e. The highest BCUT2D eigenvalue weighted by molar-refractivity contribution is 6.33. The van der Waals surface area contributed by atoms with Crippen LogP contribution in [0.25, 0.3) is 11.3 Å². The molecule has 0 amide bonds. The first-order valence-corrected chi connectivity index (χ1v) is 8.38. The van der Waals surface area contributed by atoms with Crippen molar-refractivity contribution in [2.75, 3.05) is 5.43 Å². The number of carbonyl (C=O) groups is 1. The zero-order valence-electron chi connectivity index (χ0n) is 13.7. The Morgan fingerprint density at radius 1 is 1.12 bits per heavy atom. The number of halogens is 2. The van der Waals surface area contributed by atoms with E-state index in [1.807, 2.05) is 19.1 Å². The number of aromatic carboxylic acids is 1. The van der Waals surface area contributed by atoms with E-state index in [1.165, 1.54) is 18.3 Å². The van der Waals surface area contributed by atoms with Crippen molar-refractivity contribution < 1.29 is 14.3 Å². The monoisotopic (exact) mass is 388 g/mol. The first kappa shape index (κ1) is 18.0. The van der Waals surface area contributed by atoms with Crippen molar-refractivity contribution in [3.63, 3.8) is 0 Å². The fourth-order valence-corrected chi connectivity index (χ4v) is 2.63. The lowest BCUT2D eigenvalue weighted by atomic mass is 10.1. The summed E-state index contributed by atoms with van der Waals surface area (Å²) in [6, 6.07) is 13.7. The van der Waals surface area contributed by atoms with Crippen LogP contribution < -0.4 is 5.43 Å². The standard InChI is InChI=1S/C19H14Cl2N2O3/c1-11-2-4-13(9-17(11)21)23-22-10-14-5-7-18(26-14)12-3-6-16(20)15(8-12)19(24)25/h2-10,23H,1H3,(H,24,25)/b22-10+. The molecule has 0 saturated heterocycles. The Balaban J connectivity index is 1.74. The van der Waals surface area contributed by atoms with Crippen LogP contribution in [-0.2, 0) is 0 Å². The average molecular weight is 389 g/mol. The predicted molar refractivity (Wildman–Crippen MR) is 104 cm³/mol. The van der Waals surface area contributed by atoms with E-state index in [1.54, 1.807) is 24.3 Å². The second-order valence-electron chi connectivity index (χ2n) is 5.54. The molecule has 132 valence electrons. The molecule has 1 aromatic heterocycles. The van der Waals surface area contributed by atoms with E-state index >= 15 is 0 Å². The number of hydrogen-bond acceptors (Lipinski definition) is 4. The molecule has 0 aliphatic rings. The first-order chi connectivity index (χ1) is 12.4. The summed E-state index contributed by atoms with van der Waals surface area (Å²) in [4.78, 5) is 11.2. The summed E-state index contributed by atoms with van der Waals surface area (Å²) >= 11 is 11.9. The van der Waals surface area contributed by atoms with Gasteiger partial charge in [0.15, 0.2) is 0 Å². The molecule has 3 aromatic rings. The van der Waals surface area contributed by atoms with Crippen LogP contribution in [-0.4, -0.2) is 17.3 Å². The van der Waals surface area contributed by atoms with Gasteiger partial charge in [0.25, 0.3) is 0 Å². The molecule has 5 nitrogen and oxygen atoms in total. The van der Waals surface area contributed by atoms with Gasteiger partial charge < -0.3 is 9.52 Å². The molecule has 1 heterocycles. The Kier molecular flexibility index (Phi) is 5.30. The summed E-state index contributed by atoms with van der Waals surface area (Å²) in [5, 5.41) is 14.1. The molecule has 3 rings (SSSR count). The lowest BCUT2D eigenvalue weighted by Crippen LogP contribution is -1.97. The van der Waals surface area contributed by atoms with Crippen LogP contribution in [0.3, 0.4) is 0 Å². The average Bonchev–Trinajstić information content (AvgIpc) is 3.07. The van der Waals surface area contributed by atoms with Gasteiger partial charge in [-0.15, -0.1) is 0 Å². The highest BCUT2D eigenvalue weighted by Crippen LogP contribution is 2.26. The van der Waals surface area contributed by atoms with E-state index in [-0.39, 0.29) is 10.6 Å². The van der Waals surface area contributed by atoms with Gasteiger partial charge >= 0.3 is 5.97 Å². The van der Waals surface area contributed by atoms with Gasteiger partial charge in [0, 0.05) is 10.6 Å². The second-order valence-corrected chi connectivity index (χ2v) is 6.35. The summed E-state index contributed by atoms with van der Waals surface area (Å²) in [6.45, 7) is 1.92. The number of hydrogen-bond donors (Lipinski definition) is 2. The van der Waals surface area contributed by atoms with Crippen LogP contribution in [0.15, 0.2) is 58.0 Å². The molecule has 0 spiro atoms. The van der Waals surface area contributed by atoms with Gasteiger partial charge in [0.1, 0.15) is 11.5 Å². The normalized spacial score (nSPS) is 11.0. The number of benzene rings is 2. The summed E-state index contributed by atoms with van der Waals surface area (Å²) in [6.07, 6.45) is 1.52. The number of nitrogens with zero attached hydrogens (tertiary/aromatic N) is 1. The topological polar surface area (TPSA) is 74.8 Å². The van der Waals surface area contributed by atoms with Gasteiger partial charge in [-0.05, 0) is 55.0 Å². The fraction of sp³-hybridized carbons (Fsp3) is 0.0526. The highest BCUT2D eigenvalue weighted by atomic mass is 35.5. The third-order valence-corrected chi connectivity index (χ3v) is 4.40. The summed E-state index contributed by atoms with van der Waals surface area (Å²) < 4.78 is 5.67. The maximum atomic E-state index is 11.2. The van der Waals surface area contributed by atoms with Crippen molar-refractivity contribution in [2.45, 2.75) is 6.92 Å². The molecule has 26 heavy (non-hydrogen) atoms. The van der Waals surface area contributed by atoms with Crippen LogP contribution in [0.4, 0.5) is 5.69 Å². The second kappa shape index (κ2) is 7.64. The van der Waals surface area contributed by atoms with E-state index in [9.17, 15) is 4.79 Å². The van der Waals surface area contributed by atoms with Gasteiger partial charge in [-0.2, -0.15) is 5.10 Å². The molecule has 0 fully saturated rings. The Hall–Kier alpha value is -2.76. The SMILES string of the molecule is Cc1ccc(N/N=C/c2ccc(-c3ccc(Cl)c(C(=O)O)c3)o2)cc1Cl. The Morgan fingerprint density at radius 3 is 2.65 bits per heavy atom. The number of anilines is 1. The maximum absolute atomic E-state index is 11.2. The zero-order valence-corrected chi connectivity index (χ0v) is 15.2. The third kappa shape index (κ3) is 4.07. The van der Waals surface area contributed by atoms with Gasteiger partial charge in [-0.25, -0.2) is 4.79 Å². The molecule has 0 atom stereocenters. The number of rotatable bonds is 5. The molecule has 0 aliphatic carbocycles. The molecular weight excluding hydrogens is 375 g/mol. The van der Waals surface area contributed by atoms with Crippen molar-refractivity contribution in [1.29, 1.82) is 0 Å². The minimum absolute atomic E-state index is 0.0219. The van der Waals surface area contributed by atoms with Crippen LogP contribution in [0.1, 0.15) is 21.7 Å². The zero-order chi connectivity index (χ0) is 18.7. The molecule has 0 aliphatic heterocycles. The number of furan rings is 1. The van der Waals surface area contributed by atoms with Gasteiger partial charge in [0.05, 0.1) is 22.5 Å². The maximum Gasteiger partial charge on any atom is 0.337 e. The quantitative estimate of drug-likeness (QED) is 0.433. The Labute approximate surface area is 159 Å². The van der Waals surface area contributed by atoms with E-state index < -0.39 is 5.97 Å². The van der Waals surface area contributed by atoms with E-state index in [2.05, 4.69) is 10.5 Å². The van der Waals surface area contributed by atoms with Crippen molar-refractivity contribution >= 4 is 41.1 Å². The van der Waals surface area contributed by atoms with Crippen LogP contribution in [0.5, 0.6) is 0 Å². The van der Waals surface area contributed by atoms with Gasteiger partial charge in [-0.1, -0.05) is 29.3 Å². The first-order valence-electron chi connectivity index (χ1n) is 7.62. The van der Waals surface area contributed by atoms with Crippen molar-refractivity contribution in [2.24, 2.45) is 5.10 Å². The largest absolute Gasteiger partial charge is 0.478 e. The van der Waals surface area contributed by atoms with Gasteiger partial charge in [0.2, 0.25) is 0 Å². The summed E-state index contributed by atoms with van der Waals surface area (Å²) in [7, 11) is 0. The number of carboxylic acid groups (broad SMARTS) is 1. The summed E-state index contributed by atoms with van der Waals surface area (Å²) in [5.41, 5.74) is 5.25. The highest BCUT2D eigenvalue weighted by Gasteiger charge is 2.12. The van der Waals surface area contributed by atoms with Crippen LogP contribution >= 0.6 is 23.2 Å². The minimum atomic E-state index is -1.09. The van der Waals surface area contributed by atoms with Gasteiger partial charge in [-0.3, -0.25) is 5.43 Å².